The van der Waals surface area contributed by atoms with Crippen molar-refractivity contribution in [2.24, 2.45) is 0 Å². The van der Waals surface area contributed by atoms with E-state index in [1.165, 1.54) is 6.33 Å². The van der Waals surface area contributed by atoms with Crippen LogP contribution in [0, 0.1) is 0 Å². The van der Waals surface area contributed by atoms with Gasteiger partial charge in [0.15, 0.2) is 0 Å². The predicted molar refractivity (Wildman–Crippen MR) is 99.0 cm³/mol. The summed E-state index contributed by atoms with van der Waals surface area (Å²) in [6, 6.07) is 4.66. The van der Waals surface area contributed by atoms with Crippen LogP contribution in [-0.4, -0.2) is 56.7 Å². The standard InChI is InChI=1S/C19H23N5O4/c25-11-17-16(24-19(27)13-3-6-20-7-4-13)2-1-15(28-17)9-18(26)22-10-14-5-8-21-12-23-14/h3-8,12,15-17,25H,1-2,9-11H2,(H,22,26)(H,24,27)/t15-,16+,17-/m1/s1. The molecule has 0 radical (unpaired) electrons. The van der Waals surface area contributed by atoms with Crippen molar-refractivity contribution in [1.29, 1.82) is 0 Å². The molecule has 3 atom stereocenters. The summed E-state index contributed by atoms with van der Waals surface area (Å²) in [7, 11) is 0. The minimum atomic E-state index is -0.556. The van der Waals surface area contributed by atoms with E-state index in [0.717, 1.165) is 5.69 Å². The molecule has 1 aliphatic heterocycles. The van der Waals surface area contributed by atoms with Crippen LogP contribution >= 0.6 is 0 Å². The number of carbonyl (C=O) groups is 2. The summed E-state index contributed by atoms with van der Waals surface area (Å²) >= 11 is 0. The Labute approximate surface area is 162 Å². The van der Waals surface area contributed by atoms with Crippen molar-refractivity contribution in [3.05, 3.63) is 54.4 Å². The van der Waals surface area contributed by atoms with Crippen molar-refractivity contribution in [3.63, 3.8) is 0 Å². The second-order valence-electron chi connectivity index (χ2n) is 6.55. The quantitative estimate of drug-likeness (QED) is 0.622. The van der Waals surface area contributed by atoms with Crippen LogP contribution in [0.25, 0.3) is 0 Å². The minimum absolute atomic E-state index is 0.153. The van der Waals surface area contributed by atoms with E-state index >= 15 is 0 Å². The highest BCUT2D eigenvalue weighted by Crippen LogP contribution is 2.22. The first kappa shape index (κ1) is 19.8. The average molecular weight is 385 g/mol. The number of pyridine rings is 1. The van der Waals surface area contributed by atoms with Gasteiger partial charge in [-0.15, -0.1) is 0 Å². The Morgan fingerprint density at radius 2 is 1.93 bits per heavy atom. The molecule has 148 valence electrons. The van der Waals surface area contributed by atoms with E-state index in [9.17, 15) is 14.7 Å². The first-order valence-electron chi connectivity index (χ1n) is 9.14. The van der Waals surface area contributed by atoms with Crippen LogP contribution in [0.4, 0.5) is 0 Å². The number of hydrogen-bond acceptors (Lipinski definition) is 7. The lowest BCUT2D eigenvalue weighted by atomic mass is 9.96. The van der Waals surface area contributed by atoms with Crippen LogP contribution in [0.2, 0.25) is 0 Å². The lowest BCUT2D eigenvalue weighted by molar-refractivity contribution is -0.131. The Balaban J connectivity index is 1.47. The van der Waals surface area contributed by atoms with E-state index < -0.39 is 6.10 Å². The summed E-state index contributed by atoms with van der Waals surface area (Å²) in [5.74, 6) is -0.393. The van der Waals surface area contributed by atoms with Crippen LogP contribution in [0.5, 0.6) is 0 Å². The Kier molecular flexibility index (Phi) is 6.99. The summed E-state index contributed by atoms with van der Waals surface area (Å²) in [6.07, 6.45) is 6.69. The van der Waals surface area contributed by atoms with Crippen LogP contribution in [0.1, 0.15) is 35.3 Å². The van der Waals surface area contributed by atoms with Gasteiger partial charge in [0, 0.05) is 24.2 Å². The number of hydrogen-bond donors (Lipinski definition) is 3. The maximum Gasteiger partial charge on any atom is 0.251 e. The van der Waals surface area contributed by atoms with E-state index in [0.29, 0.717) is 24.9 Å². The molecule has 0 aliphatic carbocycles. The second-order valence-corrected chi connectivity index (χ2v) is 6.55. The number of ether oxygens (including phenoxy) is 1. The molecule has 2 amide bonds. The third-order valence-corrected chi connectivity index (χ3v) is 4.58. The van der Waals surface area contributed by atoms with Crippen molar-refractivity contribution in [2.45, 2.75) is 44.1 Å². The maximum absolute atomic E-state index is 12.3. The fraction of sp³-hybridized carbons (Fsp3) is 0.421. The lowest BCUT2D eigenvalue weighted by Gasteiger charge is -2.36. The molecule has 3 N–H and O–H groups in total. The molecule has 1 aliphatic rings. The number of aliphatic hydroxyl groups is 1. The molecule has 3 rings (SSSR count). The van der Waals surface area contributed by atoms with Crippen molar-refractivity contribution in [2.75, 3.05) is 6.61 Å². The molecular weight excluding hydrogens is 362 g/mol. The van der Waals surface area contributed by atoms with Gasteiger partial charge in [-0.3, -0.25) is 14.6 Å². The maximum atomic E-state index is 12.3. The van der Waals surface area contributed by atoms with Crippen molar-refractivity contribution < 1.29 is 19.4 Å². The Hall–Kier alpha value is -2.91. The normalized spacial score (nSPS) is 21.7. The molecule has 2 aromatic heterocycles. The van der Waals surface area contributed by atoms with Gasteiger partial charge in [-0.05, 0) is 31.0 Å². The van der Waals surface area contributed by atoms with Crippen LogP contribution in [0.15, 0.2) is 43.1 Å². The third-order valence-electron chi connectivity index (χ3n) is 4.58. The SMILES string of the molecule is O=C(C[C@H]1CC[C@H](NC(=O)c2ccncc2)[C@@H](CO)O1)NCc1ccncn1. The minimum Gasteiger partial charge on any atom is -0.394 e. The molecule has 2 aromatic rings. The van der Waals surface area contributed by atoms with Gasteiger partial charge in [0.2, 0.25) is 5.91 Å². The largest absolute Gasteiger partial charge is 0.394 e. The van der Waals surface area contributed by atoms with Crippen molar-refractivity contribution in [3.8, 4) is 0 Å². The van der Waals surface area contributed by atoms with Gasteiger partial charge in [-0.2, -0.15) is 0 Å². The summed E-state index contributed by atoms with van der Waals surface area (Å²) in [6.45, 7) is 0.0858. The second kappa shape index (κ2) is 9.86. The highest BCUT2D eigenvalue weighted by Gasteiger charge is 2.33. The number of aromatic nitrogens is 3. The van der Waals surface area contributed by atoms with E-state index in [4.69, 9.17) is 4.74 Å². The first-order valence-corrected chi connectivity index (χ1v) is 9.14. The zero-order valence-electron chi connectivity index (χ0n) is 15.3. The first-order chi connectivity index (χ1) is 13.7. The Morgan fingerprint density at radius 3 is 2.64 bits per heavy atom. The van der Waals surface area contributed by atoms with Crippen molar-refractivity contribution in [1.82, 2.24) is 25.6 Å². The summed E-state index contributed by atoms with van der Waals surface area (Å²) in [5.41, 5.74) is 1.22. The molecule has 0 saturated carbocycles. The number of carbonyl (C=O) groups excluding carboxylic acids is 2. The van der Waals surface area contributed by atoms with Gasteiger partial charge in [0.1, 0.15) is 12.4 Å². The number of rotatable bonds is 7. The molecule has 9 heteroatoms. The lowest BCUT2D eigenvalue weighted by Crippen LogP contribution is -2.51. The van der Waals surface area contributed by atoms with Gasteiger partial charge in [0.05, 0.1) is 37.4 Å². The van der Waals surface area contributed by atoms with E-state index in [-0.39, 0.29) is 37.0 Å². The zero-order valence-corrected chi connectivity index (χ0v) is 15.3. The average Bonchev–Trinajstić information content (AvgIpc) is 2.74. The molecule has 28 heavy (non-hydrogen) atoms. The monoisotopic (exact) mass is 385 g/mol. The van der Waals surface area contributed by atoms with Gasteiger partial charge in [-0.1, -0.05) is 0 Å². The van der Waals surface area contributed by atoms with Gasteiger partial charge in [-0.25, -0.2) is 9.97 Å². The predicted octanol–water partition coefficient (Wildman–Crippen LogP) is 0.216. The van der Waals surface area contributed by atoms with Crippen LogP contribution in [-0.2, 0) is 16.1 Å². The molecule has 9 nitrogen and oxygen atoms in total. The van der Waals surface area contributed by atoms with Gasteiger partial charge in [0.25, 0.3) is 5.91 Å². The number of nitrogens with one attached hydrogen (secondary N) is 2. The van der Waals surface area contributed by atoms with E-state index in [1.54, 1.807) is 36.8 Å². The molecule has 0 bridgehead atoms. The molecule has 1 fully saturated rings. The van der Waals surface area contributed by atoms with Gasteiger partial charge < -0.3 is 20.5 Å². The number of nitrogens with zero attached hydrogens (tertiary/aromatic N) is 3. The smallest absolute Gasteiger partial charge is 0.251 e. The topological polar surface area (TPSA) is 126 Å². The molecule has 0 spiro atoms. The number of amides is 2. The van der Waals surface area contributed by atoms with E-state index in [1.807, 2.05) is 0 Å². The number of aliphatic hydroxyl groups excluding tert-OH is 1. The highest BCUT2D eigenvalue weighted by molar-refractivity contribution is 5.94. The summed E-state index contributed by atoms with van der Waals surface area (Å²) in [4.78, 5) is 36.2. The fourth-order valence-electron chi connectivity index (χ4n) is 3.09. The molecule has 0 unspecified atom stereocenters. The Morgan fingerprint density at radius 1 is 1.14 bits per heavy atom. The fourth-order valence-corrected chi connectivity index (χ4v) is 3.09. The molecule has 3 heterocycles. The summed E-state index contributed by atoms with van der Waals surface area (Å²) in [5, 5.41) is 15.3. The molecule has 0 aromatic carbocycles. The van der Waals surface area contributed by atoms with E-state index in [2.05, 4.69) is 25.6 Å². The molecular formula is C19H23N5O4. The third kappa shape index (κ3) is 5.54. The van der Waals surface area contributed by atoms with Crippen LogP contribution < -0.4 is 10.6 Å². The highest BCUT2D eigenvalue weighted by atomic mass is 16.5. The van der Waals surface area contributed by atoms with Crippen molar-refractivity contribution >= 4 is 11.8 Å². The Bertz CT molecular complexity index is 774. The zero-order chi connectivity index (χ0) is 19.8. The molecule has 1 saturated heterocycles. The van der Waals surface area contributed by atoms with Gasteiger partial charge >= 0.3 is 0 Å². The van der Waals surface area contributed by atoms with Crippen LogP contribution in [0.3, 0.4) is 0 Å². The summed E-state index contributed by atoms with van der Waals surface area (Å²) < 4.78 is 5.84.